The minimum Gasteiger partial charge on any atom is -0.505 e. The number of fused-ring (bicyclic) bond motifs is 1. The van der Waals surface area contributed by atoms with Crippen molar-refractivity contribution in [3.8, 4) is 17.2 Å². The highest BCUT2D eigenvalue weighted by Gasteiger charge is 2.26. The first kappa shape index (κ1) is 37.2. The minimum atomic E-state index is -5.08. The summed E-state index contributed by atoms with van der Waals surface area (Å²) in [7, 11) is -11.3. The van der Waals surface area contributed by atoms with E-state index >= 15 is 0 Å². The van der Waals surface area contributed by atoms with Crippen molar-refractivity contribution in [3.05, 3.63) is 54.6 Å². The zero-order valence-electron chi connectivity index (χ0n) is 25.7. The van der Waals surface area contributed by atoms with Crippen LogP contribution in [0, 0.1) is 0 Å². The Morgan fingerprint density at radius 3 is 1.94 bits per heavy atom. The molecule has 0 bridgehead atoms. The molecule has 0 amide bonds. The molecular weight excluding hydrogens is 711 g/mol. The smallest absolute Gasteiger partial charge is 0.296 e. The third kappa shape index (κ3) is 8.00. The number of ether oxygens (including phenoxy) is 2. The summed E-state index contributed by atoms with van der Waals surface area (Å²) in [5, 5.41) is 40.0. The molecule has 0 aromatic heterocycles. The van der Waals surface area contributed by atoms with E-state index in [2.05, 4.69) is 15.5 Å². The predicted molar refractivity (Wildman–Crippen MR) is 176 cm³/mol. The highest BCUT2D eigenvalue weighted by Crippen LogP contribution is 2.46. The quantitative estimate of drug-likeness (QED) is 0.0423. The van der Waals surface area contributed by atoms with E-state index in [-0.39, 0.29) is 63.0 Å². The van der Waals surface area contributed by atoms with Crippen LogP contribution in [0.15, 0.2) is 79.5 Å². The van der Waals surface area contributed by atoms with E-state index in [4.69, 9.17) is 15.2 Å². The molecule has 0 aliphatic carbocycles. The van der Waals surface area contributed by atoms with Gasteiger partial charge in [-0.05, 0) is 47.9 Å². The number of benzene rings is 4. The molecule has 0 saturated carbocycles. The van der Waals surface area contributed by atoms with Gasteiger partial charge in [-0.1, -0.05) is 0 Å². The zero-order chi connectivity index (χ0) is 36.3. The first-order valence-electron chi connectivity index (χ1n) is 13.8. The van der Waals surface area contributed by atoms with Gasteiger partial charge in [0.1, 0.15) is 33.5 Å². The summed E-state index contributed by atoms with van der Waals surface area (Å²) in [5.41, 5.74) is 5.36. The van der Waals surface area contributed by atoms with Gasteiger partial charge in [-0.15, -0.1) is 5.11 Å². The number of sulfonamides is 1. The first-order valence-corrected chi connectivity index (χ1v) is 18.1. The number of anilines is 3. The van der Waals surface area contributed by atoms with Gasteiger partial charge >= 0.3 is 0 Å². The number of nitrogens with one attached hydrogen (secondary N) is 1. The Kier molecular flexibility index (Phi) is 11.0. The molecule has 0 aliphatic rings. The number of nitrogens with two attached hydrogens (primary N) is 1. The van der Waals surface area contributed by atoms with E-state index in [1.165, 1.54) is 50.6 Å². The maximum atomic E-state index is 12.9. The van der Waals surface area contributed by atoms with Crippen LogP contribution in [-0.4, -0.2) is 94.5 Å². The van der Waals surface area contributed by atoms with Crippen LogP contribution < -0.4 is 20.5 Å². The van der Waals surface area contributed by atoms with Gasteiger partial charge in [0.2, 0.25) is 10.0 Å². The van der Waals surface area contributed by atoms with E-state index < -0.39 is 64.7 Å². The van der Waals surface area contributed by atoms with E-state index in [0.29, 0.717) is 0 Å². The Labute approximate surface area is 280 Å². The normalized spacial score (nSPS) is 12.6. The zero-order valence-corrected chi connectivity index (χ0v) is 28.1. The number of phenolic OH excluding ortho intramolecular Hbond substituents is 1. The number of hydrogen-bond donors (Lipinski definition) is 7. The Morgan fingerprint density at radius 2 is 1.41 bits per heavy atom. The number of rotatable bonds is 14. The summed E-state index contributed by atoms with van der Waals surface area (Å²) in [6, 6.07) is 10.5. The molecule has 49 heavy (non-hydrogen) atoms. The molecule has 8 N–H and O–H groups in total. The fraction of sp³-hybridized carbons (Fsp3) is 0.214. The third-order valence-electron chi connectivity index (χ3n) is 6.96. The van der Waals surface area contributed by atoms with Gasteiger partial charge < -0.3 is 35.8 Å². The number of aliphatic hydroxyl groups is 2. The van der Waals surface area contributed by atoms with Gasteiger partial charge in [-0.3, -0.25) is 9.11 Å². The van der Waals surface area contributed by atoms with Crippen LogP contribution in [0.1, 0.15) is 0 Å². The molecule has 0 fully saturated rings. The van der Waals surface area contributed by atoms with E-state index in [0.717, 1.165) is 22.5 Å². The summed E-state index contributed by atoms with van der Waals surface area (Å²) in [6.07, 6.45) is 0. The standard InChI is InChI=1S/C28H31N5O13S3/c1-45-23-15-22(32-31-17-3-5-18(6-4-17)47(37,38)33(7-9-34)8-10-35)24(46-2)14-21(23)30-27-25(49(42,43)44)12-16-11-19(48(39,40)41)13-20(29)26(16)28(27)36/h3-6,11-15,30,34-36H,7-10,29H2,1-2H3,(H,39,40,41)(H,42,43,44)/b32-31+. The number of phenols is 1. The number of hydrogen-bond acceptors (Lipinski definition) is 15. The van der Waals surface area contributed by atoms with Crippen molar-refractivity contribution in [2.45, 2.75) is 14.7 Å². The number of aliphatic hydroxyl groups excluding tert-OH is 2. The Bertz CT molecular complexity index is 2240. The van der Waals surface area contributed by atoms with Crippen molar-refractivity contribution in [3.63, 3.8) is 0 Å². The van der Waals surface area contributed by atoms with Gasteiger partial charge in [-0.25, -0.2) is 8.42 Å². The van der Waals surface area contributed by atoms with Crippen LogP contribution >= 0.6 is 0 Å². The molecule has 4 aromatic rings. The van der Waals surface area contributed by atoms with Crippen LogP contribution in [-0.2, 0) is 30.3 Å². The predicted octanol–water partition coefficient (Wildman–Crippen LogP) is 2.77. The molecule has 18 nitrogen and oxygen atoms in total. The van der Waals surface area contributed by atoms with Crippen LogP contribution in [0.5, 0.6) is 17.2 Å². The molecule has 0 saturated heterocycles. The van der Waals surface area contributed by atoms with Crippen molar-refractivity contribution in [1.29, 1.82) is 0 Å². The minimum absolute atomic E-state index is 0.00384. The van der Waals surface area contributed by atoms with Crippen LogP contribution in [0.3, 0.4) is 0 Å². The lowest BCUT2D eigenvalue weighted by atomic mass is 10.1. The molecule has 0 unspecified atom stereocenters. The van der Waals surface area contributed by atoms with Crippen molar-refractivity contribution < 1.29 is 59.2 Å². The van der Waals surface area contributed by atoms with Crippen molar-refractivity contribution in [2.75, 3.05) is 51.6 Å². The fourth-order valence-electron chi connectivity index (χ4n) is 4.69. The van der Waals surface area contributed by atoms with Crippen molar-refractivity contribution in [1.82, 2.24) is 4.31 Å². The molecule has 0 spiro atoms. The van der Waals surface area contributed by atoms with Crippen LogP contribution in [0.25, 0.3) is 10.8 Å². The topological polar surface area (TPSA) is 288 Å². The molecule has 4 rings (SSSR count). The van der Waals surface area contributed by atoms with Crippen molar-refractivity contribution in [2.24, 2.45) is 10.2 Å². The first-order chi connectivity index (χ1) is 23.0. The maximum absolute atomic E-state index is 12.9. The number of aromatic hydroxyl groups is 1. The van der Waals surface area contributed by atoms with E-state index in [1.54, 1.807) is 0 Å². The number of azo groups is 1. The molecular formula is C28H31N5O13S3. The van der Waals surface area contributed by atoms with Crippen molar-refractivity contribution >= 4 is 69.5 Å². The average molecular weight is 742 g/mol. The summed E-state index contributed by atoms with van der Waals surface area (Å²) in [6.45, 7) is -1.29. The highest BCUT2D eigenvalue weighted by atomic mass is 32.2. The number of methoxy groups -OCH3 is 2. The Hall–Kier alpha value is -4.61. The molecule has 264 valence electrons. The second kappa shape index (κ2) is 14.5. The second-order valence-electron chi connectivity index (χ2n) is 10.1. The van der Waals surface area contributed by atoms with Crippen LogP contribution in [0.4, 0.5) is 28.4 Å². The number of nitrogen functional groups attached to an aromatic ring is 1. The second-order valence-corrected chi connectivity index (χ2v) is 14.8. The Morgan fingerprint density at radius 1 is 0.796 bits per heavy atom. The third-order valence-corrected chi connectivity index (χ3v) is 10.6. The van der Waals surface area contributed by atoms with Gasteiger partial charge in [0.25, 0.3) is 20.2 Å². The molecule has 21 heteroatoms. The maximum Gasteiger partial charge on any atom is 0.296 e. The largest absolute Gasteiger partial charge is 0.505 e. The molecule has 0 heterocycles. The van der Waals surface area contributed by atoms with Gasteiger partial charge in [-0.2, -0.15) is 26.3 Å². The van der Waals surface area contributed by atoms with Gasteiger partial charge in [0.15, 0.2) is 0 Å². The lowest BCUT2D eigenvalue weighted by molar-refractivity contribution is 0.217. The fourth-order valence-corrected chi connectivity index (χ4v) is 7.34. The van der Waals surface area contributed by atoms with Crippen LogP contribution in [0.2, 0.25) is 0 Å². The summed E-state index contributed by atoms with van der Waals surface area (Å²) in [4.78, 5) is -1.67. The summed E-state index contributed by atoms with van der Waals surface area (Å²) >= 11 is 0. The van der Waals surface area contributed by atoms with E-state index in [1.807, 2.05) is 0 Å². The van der Waals surface area contributed by atoms with Gasteiger partial charge in [0.05, 0.1) is 48.6 Å². The monoisotopic (exact) mass is 741 g/mol. The van der Waals surface area contributed by atoms with E-state index in [9.17, 15) is 49.7 Å². The lowest BCUT2D eigenvalue weighted by Crippen LogP contribution is -2.35. The Balaban J connectivity index is 1.74. The highest BCUT2D eigenvalue weighted by molar-refractivity contribution is 7.89. The summed E-state index contributed by atoms with van der Waals surface area (Å²) in [5.74, 6) is -0.726. The van der Waals surface area contributed by atoms with Gasteiger partial charge in [0, 0.05) is 36.3 Å². The molecule has 4 aromatic carbocycles. The summed E-state index contributed by atoms with van der Waals surface area (Å²) < 4.78 is 105. The number of nitrogens with zero attached hydrogens (tertiary/aromatic N) is 3. The average Bonchev–Trinajstić information content (AvgIpc) is 3.03. The lowest BCUT2D eigenvalue weighted by Gasteiger charge is -2.20. The molecule has 0 radical (unpaired) electrons. The molecule has 0 atom stereocenters. The SMILES string of the molecule is COc1cc(Nc2c(S(=O)(=O)O)cc3cc(S(=O)(=O)O)cc(N)c3c2O)c(OC)cc1/N=N/c1ccc(S(=O)(=O)N(CCO)CCO)cc1. The molecule has 0 aliphatic heterocycles.